The fourth-order valence-electron chi connectivity index (χ4n) is 2.34. The Hall–Kier alpha value is -2.36. The molecule has 0 spiro atoms. The van der Waals surface area contributed by atoms with Crippen LogP contribution in [-0.4, -0.2) is 26.2 Å². The summed E-state index contributed by atoms with van der Waals surface area (Å²) < 4.78 is 64.7. The lowest BCUT2D eigenvalue weighted by molar-refractivity contribution is -0.289. The lowest BCUT2D eigenvalue weighted by Crippen LogP contribution is -2.33. The molecule has 0 fully saturated rings. The molecule has 0 radical (unpaired) electrons. The van der Waals surface area contributed by atoms with Crippen LogP contribution in [0, 0.1) is 0 Å². The zero-order chi connectivity index (χ0) is 18.9. The van der Waals surface area contributed by atoms with Crippen LogP contribution in [0.2, 0.25) is 0 Å². The molecule has 0 atom stereocenters. The van der Waals surface area contributed by atoms with Gasteiger partial charge in [-0.1, -0.05) is 24.3 Å². The molecular formula is C16H10BrF5N4. The van der Waals surface area contributed by atoms with Crippen molar-refractivity contribution in [2.24, 2.45) is 0 Å². The molecule has 4 nitrogen and oxygen atoms in total. The van der Waals surface area contributed by atoms with E-state index in [4.69, 9.17) is 0 Å². The van der Waals surface area contributed by atoms with Gasteiger partial charge in [0.05, 0.1) is 18.6 Å². The Morgan fingerprint density at radius 1 is 0.923 bits per heavy atom. The summed E-state index contributed by atoms with van der Waals surface area (Å²) in [4.78, 5) is 5.39. The first kappa shape index (κ1) is 18.4. The molecule has 3 aromatic rings. The second kappa shape index (κ2) is 6.75. The Morgan fingerprint density at radius 3 is 2.12 bits per heavy atom. The average Bonchev–Trinajstić information content (AvgIpc) is 3.10. The predicted octanol–water partition coefficient (Wildman–Crippen LogP) is 4.67. The van der Waals surface area contributed by atoms with Crippen molar-refractivity contribution in [3.05, 3.63) is 70.2 Å². The van der Waals surface area contributed by atoms with Gasteiger partial charge in [-0.2, -0.15) is 32.1 Å². The van der Waals surface area contributed by atoms with E-state index < -0.39 is 17.7 Å². The standard InChI is InChI=1S/C16H10BrF5N4/c17-13-8-23-9-14(26-24-5-6-25-26)12(13)7-10-1-3-11(4-2-10)15(18,19)16(20,21)22/h1-6,8-9H,7H2. The molecule has 0 N–H and O–H groups in total. The summed E-state index contributed by atoms with van der Waals surface area (Å²) >= 11 is 3.36. The monoisotopic (exact) mass is 432 g/mol. The first-order valence-corrected chi connectivity index (χ1v) is 8.02. The third kappa shape index (κ3) is 3.46. The molecule has 136 valence electrons. The number of aromatic nitrogens is 4. The minimum atomic E-state index is -5.64. The highest BCUT2D eigenvalue weighted by molar-refractivity contribution is 9.10. The Bertz CT molecular complexity index is 892. The topological polar surface area (TPSA) is 43.6 Å². The van der Waals surface area contributed by atoms with Gasteiger partial charge < -0.3 is 0 Å². The Kier molecular flexibility index (Phi) is 4.78. The summed E-state index contributed by atoms with van der Waals surface area (Å²) in [6.45, 7) is 0. The smallest absolute Gasteiger partial charge is 0.261 e. The van der Waals surface area contributed by atoms with Crippen molar-refractivity contribution in [2.75, 3.05) is 0 Å². The maximum Gasteiger partial charge on any atom is 0.458 e. The van der Waals surface area contributed by atoms with Gasteiger partial charge in [0, 0.05) is 28.2 Å². The molecule has 1 aromatic carbocycles. The van der Waals surface area contributed by atoms with Gasteiger partial charge in [-0.05, 0) is 21.5 Å². The number of alkyl halides is 5. The quantitative estimate of drug-likeness (QED) is 0.562. The number of halogens is 6. The number of pyridine rings is 1. The van der Waals surface area contributed by atoms with Gasteiger partial charge in [-0.3, -0.25) is 4.98 Å². The fourth-order valence-corrected chi connectivity index (χ4v) is 2.80. The summed E-state index contributed by atoms with van der Waals surface area (Å²) in [6.07, 6.45) is 0.678. The maximum atomic E-state index is 13.4. The molecule has 2 heterocycles. The van der Waals surface area contributed by atoms with Crippen LogP contribution in [0.3, 0.4) is 0 Å². The zero-order valence-corrected chi connectivity index (χ0v) is 14.5. The molecule has 10 heteroatoms. The van der Waals surface area contributed by atoms with Crippen LogP contribution in [0.1, 0.15) is 16.7 Å². The van der Waals surface area contributed by atoms with E-state index in [1.807, 2.05) is 0 Å². The van der Waals surface area contributed by atoms with Crippen molar-refractivity contribution in [3.8, 4) is 5.69 Å². The lowest BCUT2D eigenvalue weighted by Gasteiger charge is -2.20. The van der Waals surface area contributed by atoms with Gasteiger partial charge in [0.15, 0.2) is 0 Å². The first-order chi connectivity index (χ1) is 12.2. The van der Waals surface area contributed by atoms with Crippen LogP contribution < -0.4 is 0 Å². The average molecular weight is 433 g/mol. The molecular weight excluding hydrogens is 423 g/mol. The van der Waals surface area contributed by atoms with Gasteiger partial charge in [0.25, 0.3) is 0 Å². The second-order valence-corrected chi connectivity index (χ2v) is 6.24. The summed E-state index contributed by atoms with van der Waals surface area (Å²) in [5.74, 6) is -4.90. The lowest BCUT2D eigenvalue weighted by atomic mass is 10.0. The van der Waals surface area contributed by atoms with Crippen LogP contribution in [-0.2, 0) is 12.3 Å². The Morgan fingerprint density at radius 2 is 1.54 bits per heavy atom. The summed E-state index contributed by atoms with van der Waals surface area (Å²) in [5, 5.41) is 8.05. The molecule has 0 aliphatic rings. The number of hydrogen-bond donors (Lipinski definition) is 0. The Labute approximate surface area is 152 Å². The second-order valence-electron chi connectivity index (χ2n) is 5.38. The molecule has 0 saturated heterocycles. The molecule has 2 aromatic heterocycles. The summed E-state index contributed by atoms with van der Waals surface area (Å²) in [6, 6.07) is 4.04. The van der Waals surface area contributed by atoms with Gasteiger partial charge in [0.2, 0.25) is 0 Å². The first-order valence-electron chi connectivity index (χ1n) is 7.23. The van der Waals surface area contributed by atoms with E-state index in [1.165, 1.54) is 35.5 Å². The van der Waals surface area contributed by atoms with E-state index >= 15 is 0 Å². The van der Waals surface area contributed by atoms with Crippen molar-refractivity contribution >= 4 is 15.9 Å². The number of benzene rings is 1. The van der Waals surface area contributed by atoms with Gasteiger partial charge >= 0.3 is 12.1 Å². The van der Waals surface area contributed by atoms with Crippen molar-refractivity contribution in [1.29, 1.82) is 0 Å². The minimum Gasteiger partial charge on any atom is -0.261 e. The molecule has 0 amide bonds. The highest BCUT2D eigenvalue weighted by Crippen LogP contribution is 2.43. The van der Waals surface area contributed by atoms with Crippen molar-refractivity contribution < 1.29 is 22.0 Å². The van der Waals surface area contributed by atoms with Crippen LogP contribution in [0.15, 0.2) is 53.5 Å². The fraction of sp³-hybridized carbons (Fsp3) is 0.188. The Balaban J connectivity index is 1.92. The van der Waals surface area contributed by atoms with Crippen molar-refractivity contribution in [2.45, 2.75) is 18.5 Å². The summed E-state index contributed by atoms with van der Waals surface area (Å²) in [5.41, 5.74) is 0.726. The van der Waals surface area contributed by atoms with E-state index in [-0.39, 0.29) is 6.42 Å². The van der Waals surface area contributed by atoms with E-state index in [0.29, 0.717) is 21.3 Å². The SMILES string of the molecule is FC(F)(F)C(F)(F)c1ccc(Cc2c(Br)cncc2-n2nccn2)cc1. The minimum absolute atomic E-state index is 0.262. The van der Waals surface area contributed by atoms with Crippen LogP contribution >= 0.6 is 15.9 Å². The molecule has 26 heavy (non-hydrogen) atoms. The highest BCUT2D eigenvalue weighted by Gasteiger charge is 2.58. The largest absolute Gasteiger partial charge is 0.458 e. The van der Waals surface area contributed by atoms with Crippen LogP contribution in [0.4, 0.5) is 22.0 Å². The zero-order valence-electron chi connectivity index (χ0n) is 12.9. The third-order valence-electron chi connectivity index (χ3n) is 3.67. The maximum absolute atomic E-state index is 13.4. The molecule has 3 rings (SSSR count). The number of nitrogens with zero attached hydrogens (tertiary/aromatic N) is 4. The molecule has 0 unspecified atom stereocenters. The molecule has 0 aliphatic carbocycles. The van der Waals surface area contributed by atoms with E-state index in [9.17, 15) is 22.0 Å². The number of hydrogen-bond acceptors (Lipinski definition) is 3. The molecule has 0 aliphatic heterocycles. The van der Waals surface area contributed by atoms with E-state index in [1.54, 1.807) is 6.20 Å². The third-order valence-corrected chi connectivity index (χ3v) is 4.35. The van der Waals surface area contributed by atoms with Crippen LogP contribution in [0.5, 0.6) is 0 Å². The van der Waals surface area contributed by atoms with Crippen molar-refractivity contribution in [3.63, 3.8) is 0 Å². The van der Waals surface area contributed by atoms with Gasteiger partial charge in [-0.15, -0.1) is 4.80 Å². The van der Waals surface area contributed by atoms with E-state index in [2.05, 4.69) is 31.1 Å². The van der Waals surface area contributed by atoms with Gasteiger partial charge in [-0.25, -0.2) is 0 Å². The van der Waals surface area contributed by atoms with Gasteiger partial charge in [0.1, 0.15) is 5.69 Å². The predicted molar refractivity (Wildman–Crippen MR) is 86.1 cm³/mol. The van der Waals surface area contributed by atoms with E-state index in [0.717, 1.165) is 12.1 Å². The van der Waals surface area contributed by atoms with Crippen molar-refractivity contribution in [1.82, 2.24) is 20.0 Å². The molecule has 0 bridgehead atoms. The molecule has 0 saturated carbocycles. The highest BCUT2D eigenvalue weighted by atomic mass is 79.9. The normalized spacial score (nSPS) is 12.4. The van der Waals surface area contributed by atoms with Crippen LogP contribution in [0.25, 0.3) is 5.69 Å². The number of rotatable bonds is 4. The summed E-state index contributed by atoms with van der Waals surface area (Å²) in [7, 11) is 0.